The lowest BCUT2D eigenvalue weighted by Gasteiger charge is -2.29. The van der Waals surface area contributed by atoms with Crippen molar-refractivity contribution in [2.75, 3.05) is 26.7 Å². The highest BCUT2D eigenvalue weighted by Crippen LogP contribution is 2.24. The number of piperidine rings is 1. The minimum atomic E-state index is 0.283. The van der Waals surface area contributed by atoms with Crippen molar-refractivity contribution in [3.63, 3.8) is 0 Å². The predicted molar refractivity (Wildman–Crippen MR) is 72.8 cm³/mol. The topological polar surface area (TPSA) is 54.2 Å². The van der Waals surface area contributed by atoms with Crippen LogP contribution in [0.15, 0.2) is 0 Å². The molecule has 1 aromatic heterocycles. The minimum Gasteiger partial charge on any atom is -0.396 e. The molecule has 0 radical (unpaired) electrons. The maximum Gasteiger partial charge on any atom is 0.133 e. The molecule has 1 fully saturated rings. The first-order chi connectivity index (χ1) is 9.26. The van der Waals surface area contributed by atoms with Gasteiger partial charge in [-0.15, -0.1) is 10.2 Å². The van der Waals surface area contributed by atoms with Crippen molar-refractivity contribution in [1.82, 2.24) is 19.7 Å². The molecule has 1 atom stereocenters. The summed E-state index contributed by atoms with van der Waals surface area (Å²) in [4.78, 5) is 2.40. The molecule has 5 heteroatoms. The van der Waals surface area contributed by atoms with Crippen molar-refractivity contribution in [1.29, 1.82) is 0 Å². The van der Waals surface area contributed by atoms with E-state index in [2.05, 4.69) is 26.7 Å². The lowest BCUT2D eigenvalue weighted by molar-refractivity contribution is 0.186. The number of aliphatic hydroxyl groups excluding tert-OH is 1. The van der Waals surface area contributed by atoms with Crippen LogP contribution in [0.5, 0.6) is 0 Å². The van der Waals surface area contributed by atoms with Gasteiger partial charge < -0.3 is 14.6 Å². The zero-order valence-electron chi connectivity index (χ0n) is 11.8. The molecule has 106 valence electrons. The summed E-state index contributed by atoms with van der Waals surface area (Å²) in [6.07, 6.45) is 5.59. The lowest BCUT2D eigenvalue weighted by Crippen LogP contribution is -2.32. The Kier molecular flexibility index (Phi) is 3.84. The maximum atomic E-state index is 9.34. The first-order valence-electron chi connectivity index (χ1n) is 7.46. The fraction of sp³-hybridized carbons (Fsp3) is 0.857. The molecule has 3 heterocycles. The van der Waals surface area contributed by atoms with E-state index >= 15 is 0 Å². The Morgan fingerprint density at radius 1 is 1.16 bits per heavy atom. The molecule has 5 nitrogen and oxygen atoms in total. The molecule has 1 N–H and O–H groups in total. The van der Waals surface area contributed by atoms with Crippen LogP contribution in [0.3, 0.4) is 0 Å². The molecule has 3 rings (SSSR count). The van der Waals surface area contributed by atoms with Crippen molar-refractivity contribution in [3.05, 3.63) is 11.6 Å². The Bertz CT molecular complexity index is 423. The number of fused-ring (bicyclic) bond motifs is 1. The van der Waals surface area contributed by atoms with Gasteiger partial charge in [0.05, 0.1) is 0 Å². The van der Waals surface area contributed by atoms with Crippen LogP contribution in [0.4, 0.5) is 0 Å². The summed E-state index contributed by atoms with van der Waals surface area (Å²) < 4.78 is 2.27. The van der Waals surface area contributed by atoms with Gasteiger partial charge in [0.2, 0.25) is 0 Å². The Morgan fingerprint density at radius 2 is 1.95 bits per heavy atom. The summed E-state index contributed by atoms with van der Waals surface area (Å²) in [5, 5.41) is 18.1. The van der Waals surface area contributed by atoms with Crippen LogP contribution >= 0.6 is 0 Å². The van der Waals surface area contributed by atoms with Gasteiger partial charge in [0.1, 0.15) is 11.6 Å². The largest absolute Gasteiger partial charge is 0.396 e. The third-order valence-electron chi connectivity index (χ3n) is 4.69. The van der Waals surface area contributed by atoms with E-state index in [0.717, 1.165) is 43.4 Å². The normalized spacial score (nSPS) is 25.5. The number of hydrogen-bond donors (Lipinski definition) is 1. The zero-order valence-corrected chi connectivity index (χ0v) is 11.8. The van der Waals surface area contributed by atoms with Crippen molar-refractivity contribution in [3.8, 4) is 0 Å². The third-order valence-corrected chi connectivity index (χ3v) is 4.69. The second-order valence-electron chi connectivity index (χ2n) is 6.18. The van der Waals surface area contributed by atoms with Gasteiger partial charge in [-0.2, -0.15) is 0 Å². The number of rotatable bonds is 3. The van der Waals surface area contributed by atoms with Crippen LogP contribution in [0.1, 0.15) is 30.9 Å². The van der Waals surface area contributed by atoms with Gasteiger partial charge >= 0.3 is 0 Å². The van der Waals surface area contributed by atoms with Gasteiger partial charge in [0.15, 0.2) is 0 Å². The standard InChI is InChI=1S/C14H24N4O/c1-17-6-4-11(5-7-17)8-14-16-15-13-3-2-12(10-19)9-18(13)14/h11-12,19H,2-10H2,1H3. The highest BCUT2D eigenvalue weighted by atomic mass is 16.3. The minimum absolute atomic E-state index is 0.283. The average Bonchev–Trinajstić information content (AvgIpc) is 2.84. The van der Waals surface area contributed by atoms with E-state index in [4.69, 9.17) is 0 Å². The molecule has 1 saturated heterocycles. The number of hydrogen-bond acceptors (Lipinski definition) is 4. The first-order valence-corrected chi connectivity index (χ1v) is 7.46. The summed E-state index contributed by atoms with van der Waals surface area (Å²) in [6.45, 7) is 3.59. The van der Waals surface area contributed by atoms with Gasteiger partial charge in [0, 0.05) is 31.9 Å². The van der Waals surface area contributed by atoms with E-state index in [9.17, 15) is 5.11 Å². The highest BCUT2D eigenvalue weighted by Gasteiger charge is 2.25. The number of aliphatic hydroxyl groups is 1. The van der Waals surface area contributed by atoms with E-state index in [-0.39, 0.29) is 6.61 Å². The van der Waals surface area contributed by atoms with Crippen molar-refractivity contribution < 1.29 is 5.11 Å². The summed E-state index contributed by atoms with van der Waals surface area (Å²) >= 11 is 0. The number of aromatic nitrogens is 3. The van der Waals surface area contributed by atoms with E-state index in [1.54, 1.807) is 0 Å². The Balaban J connectivity index is 1.67. The van der Waals surface area contributed by atoms with Crippen LogP contribution in [0, 0.1) is 11.8 Å². The fourth-order valence-corrected chi connectivity index (χ4v) is 3.28. The lowest BCUT2D eigenvalue weighted by atomic mass is 9.93. The van der Waals surface area contributed by atoms with Crippen LogP contribution in [-0.4, -0.2) is 51.5 Å². The van der Waals surface area contributed by atoms with Crippen LogP contribution < -0.4 is 0 Å². The molecule has 0 spiro atoms. The quantitative estimate of drug-likeness (QED) is 0.874. The highest BCUT2D eigenvalue weighted by molar-refractivity contribution is 5.01. The molecule has 19 heavy (non-hydrogen) atoms. The zero-order chi connectivity index (χ0) is 13.2. The van der Waals surface area contributed by atoms with E-state index in [1.807, 2.05) is 0 Å². The Hall–Kier alpha value is -0.940. The SMILES string of the molecule is CN1CCC(Cc2nnc3n2CC(CO)CC3)CC1. The number of aryl methyl sites for hydroxylation is 1. The molecule has 1 unspecified atom stereocenters. The summed E-state index contributed by atoms with van der Waals surface area (Å²) in [6, 6.07) is 0. The van der Waals surface area contributed by atoms with Crippen molar-refractivity contribution in [2.45, 2.75) is 38.6 Å². The second-order valence-corrected chi connectivity index (χ2v) is 6.18. The third kappa shape index (κ3) is 2.82. The molecule has 0 amide bonds. The predicted octanol–water partition coefficient (Wildman–Crippen LogP) is 0.717. The summed E-state index contributed by atoms with van der Waals surface area (Å²) in [7, 11) is 2.20. The second kappa shape index (κ2) is 5.59. The molecule has 2 aliphatic rings. The molecule has 1 aromatic rings. The van der Waals surface area contributed by atoms with E-state index < -0.39 is 0 Å². The van der Waals surface area contributed by atoms with Gasteiger partial charge in [-0.25, -0.2) is 0 Å². The molecule has 0 saturated carbocycles. The molecular weight excluding hydrogens is 240 g/mol. The van der Waals surface area contributed by atoms with Gasteiger partial charge in [-0.1, -0.05) is 0 Å². The number of likely N-dealkylation sites (tertiary alicyclic amines) is 1. The van der Waals surface area contributed by atoms with E-state index in [0.29, 0.717) is 5.92 Å². The maximum absolute atomic E-state index is 9.34. The Labute approximate surface area is 114 Å². The first kappa shape index (κ1) is 13.1. The van der Waals surface area contributed by atoms with Gasteiger partial charge in [-0.3, -0.25) is 0 Å². The van der Waals surface area contributed by atoms with Crippen molar-refractivity contribution >= 4 is 0 Å². The number of nitrogens with zero attached hydrogens (tertiary/aromatic N) is 4. The molecule has 0 aromatic carbocycles. The van der Waals surface area contributed by atoms with Crippen molar-refractivity contribution in [2.24, 2.45) is 11.8 Å². The summed E-state index contributed by atoms with van der Waals surface area (Å²) in [5.74, 6) is 3.40. The molecule has 2 aliphatic heterocycles. The monoisotopic (exact) mass is 264 g/mol. The molecule has 0 bridgehead atoms. The molecular formula is C14H24N4O. The smallest absolute Gasteiger partial charge is 0.133 e. The average molecular weight is 264 g/mol. The van der Waals surface area contributed by atoms with Crippen LogP contribution in [-0.2, 0) is 19.4 Å². The van der Waals surface area contributed by atoms with Gasteiger partial charge in [-0.05, 0) is 45.3 Å². The van der Waals surface area contributed by atoms with Crippen LogP contribution in [0.2, 0.25) is 0 Å². The van der Waals surface area contributed by atoms with Crippen LogP contribution in [0.25, 0.3) is 0 Å². The van der Waals surface area contributed by atoms with E-state index in [1.165, 1.54) is 25.9 Å². The Morgan fingerprint density at radius 3 is 2.68 bits per heavy atom. The van der Waals surface area contributed by atoms with Gasteiger partial charge in [0.25, 0.3) is 0 Å². The molecule has 0 aliphatic carbocycles. The fourth-order valence-electron chi connectivity index (χ4n) is 3.28. The summed E-state index contributed by atoms with van der Waals surface area (Å²) in [5.41, 5.74) is 0.